The lowest BCUT2D eigenvalue weighted by molar-refractivity contribution is -0.118. The summed E-state index contributed by atoms with van der Waals surface area (Å²) in [6.45, 7) is 9.72. The zero-order chi connectivity index (χ0) is 20.5. The standard InChI is InChI=1S/C24H28N2O2S/c1-15-7-8-19(18(4)10-15)13-23(27)26(14-20-6-5-9-28-20)24-25-21-11-16(2)17(3)12-22(21)29-24/h7-8,10-12,20H,5-6,9,13-14H2,1-4H3. The summed E-state index contributed by atoms with van der Waals surface area (Å²) in [4.78, 5) is 20.1. The van der Waals surface area contributed by atoms with Crippen LogP contribution >= 0.6 is 11.3 Å². The molecule has 0 N–H and O–H groups in total. The monoisotopic (exact) mass is 408 g/mol. The molecule has 0 spiro atoms. The molecule has 0 saturated carbocycles. The van der Waals surface area contributed by atoms with Gasteiger partial charge in [0.1, 0.15) is 0 Å². The van der Waals surface area contributed by atoms with Crippen molar-refractivity contribution in [3.8, 4) is 0 Å². The van der Waals surface area contributed by atoms with Crippen LogP contribution in [0, 0.1) is 27.7 Å². The molecule has 1 unspecified atom stereocenters. The zero-order valence-electron chi connectivity index (χ0n) is 17.6. The molecule has 0 aliphatic carbocycles. The Morgan fingerprint density at radius 3 is 2.66 bits per heavy atom. The summed E-state index contributed by atoms with van der Waals surface area (Å²) < 4.78 is 6.96. The lowest BCUT2D eigenvalue weighted by atomic mass is 10.0. The number of rotatable bonds is 5. The van der Waals surface area contributed by atoms with Crippen molar-refractivity contribution in [2.45, 2.75) is 53.1 Å². The van der Waals surface area contributed by atoms with Gasteiger partial charge in [0.15, 0.2) is 5.13 Å². The number of carbonyl (C=O) groups is 1. The molecule has 3 aromatic rings. The third-order valence-corrected chi connectivity index (χ3v) is 6.82. The van der Waals surface area contributed by atoms with Gasteiger partial charge in [-0.1, -0.05) is 35.1 Å². The number of thiazole rings is 1. The lowest BCUT2D eigenvalue weighted by Gasteiger charge is -2.23. The molecule has 1 aromatic heterocycles. The van der Waals surface area contributed by atoms with E-state index < -0.39 is 0 Å². The van der Waals surface area contributed by atoms with E-state index in [2.05, 4.69) is 58.0 Å². The number of anilines is 1. The predicted octanol–water partition coefficient (Wildman–Crippen LogP) is 5.28. The van der Waals surface area contributed by atoms with Crippen LogP contribution in [0.3, 0.4) is 0 Å². The van der Waals surface area contributed by atoms with Crippen LogP contribution in [0.1, 0.15) is 40.7 Å². The first-order chi connectivity index (χ1) is 13.9. The molecule has 2 heterocycles. The van der Waals surface area contributed by atoms with Crippen molar-refractivity contribution >= 4 is 32.6 Å². The van der Waals surface area contributed by atoms with Crippen molar-refractivity contribution in [2.24, 2.45) is 0 Å². The van der Waals surface area contributed by atoms with Crippen LogP contribution in [-0.2, 0) is 16.0 Å². The molecule has 1 atom stereocenters. The second kappa shape index (κ2) is 8.25. The van der Waals surface area contributed by atoms with E-state index in [0.717, 1.165) is 45.9 Å². The second-order valence-electron chi connectivity index (χ2n) is 8.15. The summed E-state index contributed by atoms with van der Waals surface area (Å²) >= 11 is 1.60. The SMILES string of the molecule is Cc1ccc(CC(=O)N(CC2CCCO2)c2nc3cc(C)c(C)cc3s2)c(C)c1. The largest absolute Gasteiger partial charge is 0.376 e. The third-order valence-electron chi connectivity index (χ3n) is 5.77. The number of hydrogen-bond donors (Lipinski definition) is 0. The topological polar surface area (TPSA) is 42.4 Å². The molecule has 1 aliphatic rings. The minimum atomic E-state index is 0.0833. The van der Waals surface area contributed by atoms with Crippen molar-refractivity contribution in [2.75, 3.05) is 18.1 Å². The van der Waals surface area contributed by atoms with E-state index in [0.29, 0.717) is 13.0 Å². The predicted molar refractivity (Wildman–Crippen MR) is 120 cm³/mol. The van der Waals surface area contributed by atoms with Gasteiger partial charge in [-0.3, -0.25) is 9.69 Å². The van der Waals surface area contributed by atoms with Gasteiger partial charge in [-0.25, -0.2) is 4.98 Å². The Kier molecular flexibility index (Phi) is 5.70. The van der Waals surface area contributed by atoms with Crippen LogP contribution < -0.4 is 4.90 Å². The number of benzene rings is 2. The number of amides is 1. The maximum atomic E-state index is 13.4. The fourth-order valence-electron chi connectivity index (χ4n) is 3.86. The Hall–Kier alpha value is -2.24. The summed E-state index contributed by atoms with van der Waals surface area (Å²) in [5.41, 5.74) is 6.88. The fourth-order valence-corrected chi connectivity index (χ4v) is 4.94. The Morgan fingerprint density at radius 1 is 1.14 bits per heavy atom. The van der Waals surface area contributed by atoms with Crippen LogP contribution in [0.25, 0.3) is 10.2 Å². The van der Waals surface area contributed by atoms with E-state index in [1.807, 2.05) is 4.90 Å². The molecule has 1 saturated heterocycles. The van der Waals surface area contributed by atoms with Crippen LogP contribution in [-0.4, -0.2) is 30.1 Å². The Balaban J connectivity index is 1.66. The molecule has 0 bridgehead atoms. The van der Waals surface area contributed by atoms with Crippen molar-refractivity contribution in [3.63, 3.8) is 0 Å². The number of aromatic nitrogens is 1. The van der Waals surface area contributed by atoms with Gasteiger partial charge in [0.05, 0.1) is 29.3 Å². The summed E-state index contributed by atoms with van der Waals surface area (Å²) in [6, 6.07) is 10.6. The molecular weight excluding hydrogens is 380 g/mol. The van der Waals surface area contributed by atoms with Gasteiger partial charge < -0.3 is 4.74 Å². The first-order valence-electron chi connectivity index (χ1n) is 10.3. The molecule has 5 heteroatoms. The van der Waals surface area contributed by atoms with Gasteiger partial charge in [0, 0.05) is 6.61 Å². The molecule has 4 rings (SSSR count). The Labute approximate surface area is 176 Å². The van der Waals surface area contributed by atoms with Gasteiger partial charge >= 0.3 is 0 Å². The fraction of sp³-hybridized carbons (Fsp3) is 0.417. The number of hydrogen-bond acceptors (Lipinski definition) is 4. The first kappa shape index (κ1) is 20.0. The summed E-state index contributed by atoms with van der Waals surface area (Å²) in [5, 5.41) is 0.773. The lowest BCUT2D eigenvalue weighted by Crippen LogP contribution is -2.38. The summed E-state index contributed by atoms with van der Waals surface area (Å²) in [7, 11) is 0. The quantitative estimate of drug-likeness (QED) is 0.576. The van der Waals surface area contributed by atoms with E-state index in [-0.39, 0.29) is 12.0 Å². The molecule has 1 amide bonds. The molecular formula is C24H28N2O2S. The Bertz CT molecular complexity index is 1010. The number of ether oxygens (including phenoxy) is 1. The molecule has 1 aliphatic heterocycles. The number of fused-ring (bicyclic) bond motifs is 1. The Morgan fingerprint density at radius 2 is 1.93 bits per heavy atom. The van der Waals surface area contributed by atoms with Gasteiger partial charge in [-0.05, 0) is 74.9 Å². The van der Waals surface area contributed by atoms with Gasteiger partial charge in [0.2, 0.25) is 5.91 Å². The first-order valence-corrected chi connectivity index (χ1v) is 11.1. The van der Waals surface area contributed by atoms with Crippen LogP contribution in [0.5, 0.6) is 0 Å². The molecule has 0 radical (unpaired) electrons. The van der Waals surface area contributed by atoms with E-state index in [1.54, 1.807) is 11.3 Å². The van der Waals surface area contributed by atoms with Crippen LogP contribution in [0.15, 0.2) is 30.3 Å². The summed E-state index contributed by atoms with van der Waals surface area (Å²) in [5.74, 6) is 0.0833. The van der Waals surface area contributed by atoms with Crippen molar-refractivity contribution in [1.29, 1.82) is 0 Å². The van der Waals surface area contributed by atoms with Gasteiger partial charge in [0.25, 0.3) is 0 Å². The highest BCUT2D eigenvalue weighted by Crippen LogP contribution is 2.32. The van der Waals surface area contributed by atoms with E-state index >= 15 is 0 Å². The minimum Gasteiger partial charge on any atom is -0.376 e. The molecule has 29 heavy (non-hydrogen) atoms. The highest BCUT2D eigenvalue weighted by Gasteiger charge is 2.26. The number of nitrogens with zero attached hydrogens (tertiary/aromatic N) is 2. The maximum Gasteiger partial charge on any atom is 0.233 e. The average molecular weight is 409 g/mol. The molecule has 152 valence electrons. The zero-order valence-corrected chi connectivity index (χ0v) is 18.4. The van der Waals surface area contributed by atoms with Gasteiger partial charge in [-0.15, -0.1) is 0 Å². The average Bonchev–Trinajstić information content (AvgIpc) is 3.32. The van der Waals surface area contributed by atoms with Crippen LogP contribution in [0.4, 0.5) is 5.13 Å². The normalized spacial score (nSPS) is 16.5. The highest BCUT2D eigenvalue weighted by atomic mass is 32.1. The summed E-state index contributed by atoms with van der Waals surface area (Å²) in [6.07, 6.45) is 2.53. The van der Waals surface area contributed by atoms with Crippen molar-refractivity contribution in [1.82, 2.24) is 4.98 Å². The van der Waals surface area contributed by atoms with E-state index in [9.17, 15) is 4.79 Å². The van der Waals surface area contributed by atoms with E-state index in [4.69, 9.17) is 9.72 Å². The maximum absolute atomic E-state index is 13.4. The smallest absolute Gasteiger partial charge is 0.233 e. The number of aryl methyl sites for hydroxylation is 4. The molecule has 1 fully saturated rings. The highest BCUT2D eigenvalue weighted by molar-refractivity contribution is 7.22. The van der Waals surface area contributed by atoms with Gasteiger partial charge in [-0.2, -0.15) is 0 Å². The third kappa shape index (κ3) is 4.36. The van der Waals surface area contributed by atoms with Crippen molar-refractivity contribution < 1.29 is 9.53 Å². The minimum absolute atomic E-state index is 0.0833. The molecule has 2 aromatic carbocycles. The molecule has 4 nitrogen and oxygen atoms in total. The van der Waals surface area contributed by atoms with E-state index in [1.165, 1.54) is 16.7 Å². The van der Waals surface area contributed by atoms with Crippen LogP contribution in [0.2, 0.25) is 0 Å². The van der Waals surface area contributed by atoms with Crippen molar-refractivity contribution in [3.05, 3.63) is 58.1 Å². The second-order valence-corrected chi connectivity index (χ2v) is 9.16. The number of carbonyl (C=O) groups excluding carboxylic acids is 1.